The predicted octanol–water partition coefficient (Wildman–Crippen LogP) is 2.81. The topological polar surface area (TPSA) is 119 Å². The van der Waals surface area contributed by atoms with Gasteiger partial charge < -0.3 is 14.4 Å². The monoisotopic (exact) mass is 573 g/mol. The Bertz CT molecular complexity index is 2020. The first-order chi connectivity index (χ1) is 19.8. The molecule has 2 fully saturated rings. The van der Waals surface area contributed by atoms with Crippen molar-refractivity contribution in [3.8, 4) is 11.4 Å². The van der Waals surface area contributed by atoms with Gasteiger partial charge in [-0.1, -0.05) is 11.3 Å². The summed E-state index contributed by atoms with van der Waals surface area (Å²) in [5.41, 5.74) is 1.18. The molecule has 1 saturated carbocycles. The number of hydrogen-bond acceptors (Lipinski definition) is 9. The summed E-state index contributed by atoms with van der Waals surface area (Å²) in [5, 5.41) is 15.5. The number of nitro benzene ring substituents is 1. The summed E-state index contributed by atoms with van der Waals surface area (Å²) in [6.45, 7) is 3.09. The van der Waals surface area contributed by atoms with E-state index in [1.807, 2.05) is 16.5 Å². The SMILES string of the molecule is CN1CCN(c2cc3c(cc2F)c(=O)c(-c2nc4s/c(=C\c5ccc([N+](=O)[O-])cc5)c(=O)n4n2)cn3C2CC2)CC1. The number of fused-ring (bicyclic) bond motifs is 2. The zero-order valence-corrected chi connectivity index (χ0v) is 22.8. The summed E-state index contributed by atoms with van der Waals surface area (Å²) < 4.78 is 18.9. The van der Waals surface area contributed by atoms with Gasteiger partial charge in [0.25, 0.3) is 11.2 Å². The number of piperazine rings is 1. The molecule has 2 aromatic carbocycles. The Labute approximate surface area is 235 Å². The van der Waals surface area contributed by atoms with Gasteiger partial charge in [-0.25, -0.2) is 4.39 Å². The van der Waals surface area contributed by atoms with Crippen molar-refractivity contribution in [2.45, 2.75) is 18.9 Å². The van der Waals surface area contributed by atoms with E-state index >= 15 is 4.39 Å². The van der Waals surface area contributed by atoms with Gasteiger partial charge in [0.05, 0.1) is 26.2 Å². The maximum atomic E-state index is 15.4. The van der Waals surface area contributed by atoms with Crippen molar-refractivity contribution in [3.05, 3.63) is 89.2 Å². The molecular weight excluding hydrogens is 549 g/mol. The van der Waals surface area contributed by atoms with Crippen LogP contribution in [0, 0.1) is 15.9 Å². The number of anilines is 1. The van der Waals surface area contributed by atoms with Gasteiger partial charge in [0.15, 0.2) is 5.82 Å². The molecule has 0 N–H and O–H groups in total. The Balaban J connectivity index is 1.30. The van der Waals surface area contributed by atoms with Crippen LogP contribution >= 0.6 is 11.3 Å². The van der Waals surface area contributed by atoms with E-state index in [1.54, 1.807) is 30.5 Å². The number of rotatable bonds is 5. The first-order valence-corrected chi connectivity index (χ1v) is 14.1. The summed E-state index contributed by atoms with van der Waals surface area (Å²) in [5.74, 6) is -0.328. The maximum Gasteiger partial charge on any atom is 0.291 e. The average molecular weight is 574 g/mol. The number of nitrogens with zero attached hydrogens (tertiary/aromatic N) is 7. The predicted molar refractivity (Wildman–Crippen MR) is 154 cm³/mol. The second kappa shape index (κ2) is 9.56. The first-order valence-electron chi connectivity index (χ1n) is 13.2. The number of aromatic nitrogens is 4. The lowest BCUT2D eigenvalue weighted by atomic mass is 10.1. The zero-order valence-electron chi connectivity index (χ0n) is 22.0. The Morgan fingerprint density at radius 2 is 1.83 bits per heavy atom. The third-order valence-electron chi connectivity index (χ3n) is 7.71. The standard InChI is InChI=1S/C28H24FN7O4S/c1-32-8-10-33(11-9-32)23-14-22-19(13-21(23)29)25(37)20(15-34(22)17-6-7-17)26-30-28-35(31-26)27(38)24(41-28)12-16-2-4-18(5-3-16)36(39)40/h2-5,12-15,17H,6-11H2,1H3/b24-12-. The molecule has 3 aromatic heterocycles. The molecule has 0 spiro atoms. The molecule has 2 aliphatic rings. The van der Waals surface area contributed by atoms with Crippen LogP contribution in [0.2, 0.25) is 0 Å². The Morgan fingerprint density at radius 1 is 1.10 bits per heavy atom. The van der Waals surface area contributed by atoms with Crippen molar-refractivity contribution in [1.82, 2.24) is 24.1 Å². The van der Waals surface area contributed by atoms with Gasteiger partial charge in [0.2, 0.25) is 10.4 Å². The number of halogens is 1. The van der Waals surface area contributed by atoms with E-state index in [2.05, 4.69) is 15.0 Å². The lowest BCUT2D eigenvalue weighted by Crippen LogP contribution is -2.44. The quantitative estimate of drug-likeness (QED) is 0.233. The number of thiazole rings is 1. The van der Waals surface area contributed by atoms with E-state index in [9.17, 15) is 19.7 Å². The van der Waals surface area contributed by atoms with Crippen LogP contribution in [0.3, 0.4) is 0 Å². The van der Waals surface area contributed by atoms with Gasteiger partial charge in [-0.15, -0.1) is 5.10 Å². The van der Waals surface area contributed by atoms with E-state index in [1.165, 1.54) is 18.2 Å². The van der Waals surface area contributed by atoms with Gasteiger partial charge in [-0.3, -0.25) is 19.7 Å². The minimum Gasteiger partial charge on any atom is -0.367 e. The largest absolute Gasteiger partial charge is 0.367 e. The maximum absolute atomic E-state index is 15.4. The van der Waals surface area contributed by atoms with Crippen LogP contribution in [-0.4, -0.2) is 62.2 Å². The fraction of sp³-hybridized carbons (Fsp3) is 0.286. The molecule has 0 atom stereocenters. The molecule has 11 nitrogen and oxygen atoms in total. The van der Waals surface area contributed by atoms with Gasteiger partial charge >= 0.3 is 0 Å². The highest BCUT2D eigenvalue weighted by Gasteiger charge is 2.28. The van der Waals surface area contributed by atoms with Gasteiger partial charge in [-0.05, 0) is 55.8 Å². The zero-order chi connectivity index (χ0) is 28.4. The van der Waals surface area contributed by atoms with E-state index in [0.717, 1.165) is 41.8 Å². The third-order valence-corrected chi connectivity index (χ3v) is 8.67. The Morgan fingerprint density at radius 3 is 2.49 bits per heavy atom. The lowest BCUT2D eigenvalue weighted by molar-refractivity contribution is -0.384. The fourth-order valence-corrected chi connectivity index (χ4v) is 6.16. The van der Waals surface area contributed by atoms with Crippen LogP contribution in [-0.2, 0) is 0 Å². The second-order valence-electron chi connectivity index (χ2n) is 10.5. The highest BCUT2D eigenvalue weighted by Crippen LogP contribution is 2.39. The number of likely N-dealkylation sites (N-methyl/N-ethyl adjacent to an activating group) is 1. The van der Waals surface area contributed by atoms with E-state index in [4.69, 9.17) is 0 Å². The lowest BCUT2D eigenvalue weighted by Gasteiger charge is -2.34. The summed E-state index contributed by atoms with van der Waals surface area (Å²) >= 11 is 1.11. The van der Waals surface area contributed by atoms with E-state index < -0.39 is 16.3 Å². The molecule has 41 heavy (non-hydrogen) atoms. The normalized spacial score (nSPS) is 16.7. The molecule has 1 aliphatic heterocycles. The Kier molecular flexibility index (Phi) is 5.94. The van der Waals surface area contributed by atoms with E-state index in [0.29, 0.717) is 39.4 Å². The van der Waals surface area contributed by atoms with Crippen LogP contribution in [0.4, 0.5) is 15.8 Å². The summed E-state index contributed by atoms with van der Waals surface area (Å²) in [6.07, 6.45) is 5.26. The van der Waals surface area contributed by atoms with Crippen LogP contribution < -0.4 is 20.4 Å². The number of nitro groups is 1. The van der Waals surface area contributed by atoms with Gasteiger partial charge in [-0.2, -0.15) is 9.50 Å². The van der Waals surface area contributed by atoms with Crippen molar-refractivity contribution in [3.63, 3.8) is 0 Å². The second-order valence-corrected chi connectivity index (χ2v) is 11.5. The molecule has 0 radical (unpaired) electrons. The number of pyridine rings is 1. The van der Waals surface area contributed by atoms with Crippen LogP contribution in [0.15, 0.2) is 52.2 Å². The Hall–Kier alpha value is -4.49. The summed E-state index contributed by atoms with van der Waals surface area (Å²) in [7, 11) is 2.04. The van der Waals surface area contributed by atoms with Crippen molar-refractivity contribution >= 4 is 44.7 Å². The molecule has 4 heterocycles. The molecule has 0 unspecified atom stereocenters. The van der Waals surface area contributed by atoms with Crippen molar-refractivity contribution in [2.24, 2.45) is 0 Å². The summed E-state index contributed by atoms with van der Waals surface area (Å²) in [4.78, 5) is 46.2. The molecule has 0 bridgehead atoms. The highest BCUT2D eigenvalue weighted by atomic mass is 32.1. The van der Waals surface area contributed by atoms with Gasteiger partial charge in [0.1, 0.15) is 5.82 Å². The van der Waals surface area contributed by atoms with Crippen LogP contribution in [0.5, 0.6) is 0 Å². The molecule has 5 aromatic rings. The average Bonchev–Trinajstić information content (AvgIpc) is 3.66. The number of benzene rings is 2. The summed E-state index contributed by atoms with van der Waals surface area (Å²) in [6, 6.07) is 9.16. The number of non-ortho nitro benzene ring substituents is 1. The molecule has 0 amide bonds. The number of hydrogen-bond donors (Lipinski definition) is 0. The molecule has 13 heteroatoms. The van der Waals surface area contributed by atoms with Crippen molar-refractivity contribution in [2.75, 3.05) is 38.1 Å². The minimum atomic E-state index is -0.488. The van der Waals surface area contributed by atoms with Crippen LogP contribution in [0.1, 0.15) is 24.4 Å². The molecular formula is C28H24FN7O4S. The molecule has 7 rings (SSSR count). The minimum absolute atomic E-state index is 0.0422. The fourth-order valence-electron chi connectivity index (χ4n) is 5.25. The van der Waals surface area contributed by atoms with Crippen molar-refractivity contribution in [1.29, 1.82) is 0 Å². The smallest absolute Gasteiger partial charge is 0.291 e. The van der Waals surface area contributed by atoms with Gasteiger partial charge in [0, 0.05) is 55.9 Å². The first kappa shape index (κ1) is 25.5. The van der Waals surface area contributed by atoms with E-state index in [-0.39, 0.29) is 33.9 Å². The molecule has 1 aliphatic carbocycles. The highest BCUT2D eigenvalue weighted by molar-refractivity contribution is 7.15. The molecule has 1 saturated heterocycles. The van der Waals surface area contributed by atoms with Crippen molar-refractivity contribution < 1.29 is 9.31 Å². The van der Waals surface area contributed by atoms with Crippen LogP contribution in [0.25, 0.3) is 33.3 Å². The third kappa shape index (κ3) is 4.46. The molecule has 208 valence electrons.